The fourth-order valence-corrected chi connectivity index (χ4v) is 1.86. The van der Waals surface area contributed by atoms with Crippen molar-refractivity contribution >= 4 is 11.8 Å². The van der Waals surface area contributed by atoms with E-state index in [4.69, 9.17) is 19.9 Å². The first kappa shape index (κ1) is 14.5. The van der Waals surface area contributed by atoms with E-state index in [2.05, 4.69) is 0 Å². The van der Waals surface area contributed by atoms with Gasteiger partial charge < -0.3 is 19.9 Å². The van der Waals surface area contributed by atoms with Gasteiger partial charge in [0.1, 0.15) is 12.7 Å². The second kappa shape index (κ2) is 6.53. The van der Waals surface area contributed by atoms with Crippen LogP contribution in [-0.2, 0) is 9.47 Å². The van der Waals surface area contributed by atoms with Crippen molar-refractivity contribution in [2.75, 3.05) is 38.3 Å². The van der Waals surface area contributed by atoms with Gasteiger partial charge in [-0.25, -0.2) is 9.18 Å². The van der Waals surface area contributed by atoms with Gasteiger partial charge in [-0.3, -0.25) is 4.90 Å². The molecule has 1 aliphatic heterocycles. The monoisotopic (exact) mass is 284 g/mol. The number of anilines is 1. The van der Waals surface area contributed by atoms with Crippen molar-refractivity contribution < 1.29 is 23.4 Å². The average molecular weight is 284 g/mol. The second-order valence-corrected chi connectivity index (χ2v) is 4.31. The first-order chi connectivity index (χ1) is 9.65. The smallest absolute Gasteiger partial charge is 0.414 e. The van der Waals surface area contributed by atoms with Crippen molar-refractivity contribution in [2.45, 2.75) is 6.10 Å². The number of methoxy groups -OCH3 is 1. The van der Waals surface area contributed by atoms with Gasteiger partial charge in [0.25, 0.3) is 0 Å². The summed E-state index contributed by atoms with van der Waals surface area (Å²) in [5.74, 6) is -0.420. The van der Waals surface area contributed by atoms with Gasteiger partial charge in [0.15, 0.2) is 11.6 Å². The van der Waals surface area contributed by atoms with Gasteiger partial charge in [0.05, 0.1) is 18.8 Å². The van der Waals surface area contributed by atoms with E-state index in [1.54, 1.807) is 6.07 Å². The molecular formula is C13H17FN2O4. The van der Waals surface area contributed by atoms with Crippen LogP contribution in [0.2, 0.25) is 0 Å². The maximum Gasteiger partial charge on any atom is 0.414 e. The van der Waals surface area contributed by atoms with Crippen LogP contribution in [0.1, 0.15) is 0 Å². The van der Waals surface area contributed by atoms with Crippen molar-refractivity contribution in [2.24, 2.45) is 5.73 Å². The van der Waals surface area contributed by atoms with Gasteiger partial charge in [0.2, 0.25) is 0 Å². The molecule has 0 saturated carbocycles. The lowest BCUT2D eigenvalue weighted by molar-refractivity contribution is 0.144. The largest absolute Gasteiger partial charge is 0.488 e. The number of nitrogens with two attached hydrogens (primary N) is 1. The van der Waals surface area contributed by atoms with E-state index >= 15 is 0 Å². The van der Waals surface area contributed by atoms with Crippen LogP contribution in [0, 0.1) is 5.82 Å². The first-order valence-electron chi connectivity index (χ1n) is 6.25. The molecule has 0 radical (unpaired) electrons. The molecule has 110 valence electrons. The van der Waals surface area contributed by atoms with Gasteiger partial charge in [-0.15, -0.1) is 0 Å². The highest BCUT2D eigenvalue weighted by atomic mass is 19.1. The number of carbonyl (C=O) groups excluding carboxylic acids is 1. The van der Waals surface area contributed by atoms with Gasteiger partial charge >= 0.3 is 6.09 Å². The Balaban J connectivity index is 2.07. The van der Waals surface area contributed by atoms with Crippen LogP contribution in [0.4, 0.5) is 14.9 Å². The number of hydrogen-bond donors (Lipinski definition) is 1. The zero-order valence-electron chi connectivity index (χ0n) is 11.2. The number of cyclic esters (lactones) is 1. The minimum absolute atomic E-state index is 0.119. The quantitative estimate of drug-likeness (QED) is 0.793. The molecule has 7 heteroatoms. The molecule has 0 spiro atoms. The number of nitrogens with zero attached hydrogens (tertiary/aromatic N) is 1. The summed E-state index contributed by atoms with van der Waals surface area (Å²) in [5.41, 5.74) is 5.87. The Morgan fingerprint density at radius 1 is 1.50 bits per heavy atom. The lowest BCUT2D eigenvalue weighted by Gasteiger charge is -2.14. The fourth-order valence-electron chi connectivity index (χ4n) is 1.86. The van der Waals surface area contributed by atoms with Crippen molar-refractivity contribution in [3.8, 4) is 5.75 Å². The zero-order chi connectivity index (χ0) is 14.5. The summed E-state index contributed by atoms with van der Waals surface area (Å²) in [6.07, 6.45) is -0.879. The summed E-state index contributed by atoms with van der Waals surface area (Å²) in [6, 6.07) is 4.32. The third kappa shape index (κ3) is 3.17. The molecular weight excluding hydrogens is 267 g/mol. The molecule has 0 unspecified atom stereocenters. The van der Waals surface area contributed by atoms with E-state index in [-0.39, 0.29) is 25.0 Å². The van der Waals surface area contributed by atoms with Crippen LogP contribution in [-0.4, -0.2) is 45.6 Å². The second-order valence-electron chi connectivity index (χ2n) is 4.31. The molecule has 20 heavy (non-hydrogen) atoms. The molecule has 1 aliphatic rings. The molecule has 1 atom stereocenters. The third-order valence-corrected chi connectivity index (χ3v) is 2.91. The molecule has 1 heterocycles. The van der Waals surface area contributed by atoms with E-state index in [1.807, 2.05) is 0 Å². The van der Waals surface area contributed by atoms with Gasteiger partial charge in [-0.2, -0.15) is 0 Å². The molecule has 6 nitrogen and oxygen atoms in total. The van der Waals surface area contributed by atoms with Crippen molar-refractivity contribution in [1.29, 1.82) is 0 Å². The molecule has 0 bridgehead atoms. The maximum atomic E-state index is 13.9. The highest BCUT2D eigenvalue weighted by Crippen LogP contribution is 2.26. The van der Waals surface area contributed by atoms with Gasteiger partial charge in [-0.1, -0.05) is 0 Å². The van der Waals surface area contributed by atoms with E-state index < -0.39 is 11.9 Å². The van der Waals surface area contributed by atoms with Gasteiger partial charge in [-0.05, 0) is 12.1 Å². The Labute approximate surface area is 116 Å². The molecule has 0 aromatic heterocycles. The molecule has 1 saturated heterocycles. The van der Waals surface area contributed by atoms with Crippen LogP contribution in [0.25, 0.3) is 0 Å². The van der Waals surface area contributed by atoms with E-state index in [1.165, 1.54) is 24.1 Å². The summed E-state index contributed by atoms with van der Waals surface area (Å²) in [6.45, 7) is 1.19. The standard InChI is InChI=1S/C13H17FN2O4/c1-18-4-5-19-12-3-2-9(6-11(12)14)16-8-10(7-15)20-13(16)17/h2-3,6,10H,4-5,7-8,15H2,1H3/t10-/m0/s1. The molecule has 2 rings (SSSR count). The summed E-state index contributed by atoms with van der Waals surface area (Å²) in [4.78, 5) is 13.0. The number of amides is 1. The lowest BCUT2D eigenvalue weighted by Crippen LogP contribution is -2.27. The Morgan fingerprint density at radius 2 is 2.30 bits per heavy atom. The minimum Gasteiger partial charge on any atom is -0.488 e. The van der Waals surface area contributed by atoms with Crippen LogP contribution < -0.4 is 15.4 Å². The van der Waals surface area contributed by atoms with Crippen molar-refractivity contribution in [3.05, 3.63) is 24.0 Å². The molecule has 1 fully saturated rings. The molecule has 1 aromatic carbocycles. The van der Waals surface area contributed by atoms with E-state index in [0.29, 0.717) is 18.8 Å². The number of rotatable bonds is 6. The number of carbonyl (C=O) groups is 1. The Bertz CT molecular complexity index is 483. The van der Waals surface area contributed by atoms with E-state index in [0.717, 1.165) is 0 Å². The summed E-state index contributed by atoms with van der Waals surface area (Å²) >= 11 is 0. The molecule has 1 amide bonds. The van der Waals surface area contributed by atoms with Crippen LogP contribution in [0.5, 0.6) is 5.75 Å². The highest BCUT2D eigenvalue weighted by Gasteiger charge is 2.31. The van der Waals surface area contributed by atoms with Crippen LogP contribution >= 0.6 is 0 Å². The number of hydrogen-bond acceptors (Lipinski definition) is 5. The number of benzene rings is 1. The predicted molar refractivity (Wildman–Crippen MR) is 70.4 cm³/mol. The Morgan fingerprint density at radius 3 is 2.90 bits per heavy atom. The Kier molecular flexibility index (Phi) is 4.75. The predicted octanol–water partition coefficient (Wildman–Crippen LogP) is 1.13. The van der Waals surface area contributed by atoms with Crippen molar-refractivity contribution in [3.63, 3.8) is 0 Å². The highest BCUT2D eigenvalue weighted by molar-refractivity contribution is 5.89. The number of halogens is 1. The minimum atomic E-state index is -0.539. The van der Waals surface area contributed by atoms with Crippen molar-refractivity contribution in [1.82, 2.24) is 0 Å². The summed E-state index contributed by atoms with van der Waals surface area (Å²) < 4.78 is 28.9. The third-order valence-electron chi connectivity index (χ3n) is 2.91. The topological polar surface area (TPSA) is 74.0 Å². The van der Waals surface area contributed by atoms with Crippen LogP contribution in [0.15, 0.2) is 18.2 Å². The summed E-state index contributed by atoms with van der Waals surface area (Å²) in [7, 11) is 1.54. The average Bonchev–Trinajstić information content (AvgIpc) is 2.82. The maximum absolute atomic E-state index is 13.9. The van der Waals surface area contributed by atoms with E-state index in [9.17, 15) is 9.18 Å². The first-order valence-corrected chi connectivity index (χ1v) is 6.25. The van der Waals surface area contributed by atoms with Crippen LogP contribution in [0.3, 0.4) is 0 Å². The Hall–Kier alpha value is -1.86. The molecule has 2 N–H and O–H groups in total. The SMILES string of the molecule is COCCOc1ccc(N2C[C@H](CN)OC2=O)cc1F. The summed E-state index contributed by atoms with van der Waals surface area (Å²) in [5, 5.41) is 0. The fraction of sp³-hybridized carbons (Fsp3) is 0.462. The molecule has 1 aromatic rings. The number of ether oxygens (including phenoxy) is 3. The normalized spacial score (nSPS) is 18.2. The zero-order valence-corrected chi connectivity index (χ0v) is 11.2. The molecule has 0 aliphatic carbocycles. The van der Waals surface area contributed by atoms with Gasteiger partial charge in [0, 0.05) is 19.7 Å². The lowest BCUT2D eigenvalue weighted by atomic mass is 10.2.